The molecule has 0 radical (unpaired) electrons. The number of carbonyl (C=O) groups excluding carboxylic acids is 1. The molecule has 7 heteroatoms. The van der Waals surface area contributed by atoms with Crippen LogP contribution in [0.3, 0.4) is 0 Å². The van der Waals surface area contributed by atoms with Crippen LogP contribution in [0.4, 0.5) is 0 Å². The molecule has 0 bridgehead atoms. The number of ether oxygens (including phenoxy) is 3. The van der Waals surface area contributed by atoms with Gasteiger partial charge in [-0.15, -0.1) is 11.3 Å². The molecular weight excluding hydrogens is 402 g/mol. The summed E-state index contributed by atoms with van der Waals surface area (Å²) < 4.78 is 22.5. The lowest BCUT2D eigenvalue weighted by Crippen LogP contribution is -2.29. The molecule has 0 aliphatic heterocycles. The van der Waals surface area contributed by atoms with Gasteiger partial charge < -0.3 is 23.5 Å². The van der Waals surface area contributed by atoms with E-state index in [0.717, 1.165) is 10.4 Å². The van der Waals surface area contributed by atoms with Gasteiger partial charge in [0.05, 0.1) is 38.9 Å². The summed E-state index contributed by atoms with van der Waals surface area (Å²) in [5.74, 6) is 1.42. The number of benzene rings is 1. The first-order valence-corrected chi connectivity index (χ1v) is 10.9. The molecule has 30 heavy (non-hydrogen) atoms. The summed E-state index contributed by atoms with van der Waals surface area (Å²) in [5, 5.41) is 2.01. The first-order valence-electron chi connectivity index (χ1n) is 10.0. The van der Waals surface area contributed by atoms with Crippen molar-refractivity contribution in [2.75, 3.05) is 19.8 Å². The van der Waals surface area contributed by atoms with Crippen molar-refractivity contribution in [2.45, 2.75) is 33.9 Å². The second kappa shape index (κ2) is 10.7. The lowest BCUT2D eigenvalue weighted by molar-refractivity contribution is 0.0730. The lowest BCUT2D eigenvalue weighted by Gasteiger charge is -2.23. The number of hydrogen-bond acceptors (Lipinski definition) is 6. The van der Waals surface area contributed by atoms with Crippen LogP contribution in [-0.2, 0) is 13.1 Å². The summed E-state index contributed by atoms with van der Waals surface area (Å²) in [7, 11) is 0. The van der Waals surface area contributed by atoms with Gasteiger partial charge in [0.1, 0.15) is 0 Å². The highest BCUT2D eigenvalue weighted by Crippen LogP contribution is 2.39. The van der Waals surface area contributed by atoms with Gasteiger partial charge >= 0.3 is 0 Å². The molecule has 1 amide bonds. The van der Waals surface area contributed by atoms with Crippen LogP contribution in [0.15, 0.2) is 52.7 Å². The highest BCUT2D eigenvalue weighted by molar-refractivity contribution is 7.09. The Morgan fingerprint density at radius 3 is 2.23 bits per heavy atom. The van der Waals surface area contributed by atoms with E-state index in [2.05, 4.69) is 0 Å². The van der Waals surface area contributed by atoms with E-state index in [9.17, 15) is 4.79 Å². The number of hydrogen-bond donors (Lipinski definition) is 0. The number of amides is 1. The molecule has 0 spiro atoms. The number of furan rings is 1. The topological polar surface area (TPSA) is 61.1 Å². The van der Waals surface area contributed by atoms with E-state index in [4.69, 9.17) is 18.6 Å². The molecule has 0 fully saturated rings. The summed E-state index contributed by atoms with van der Waals surface area (Å²) in [4.78, 5) is 16.4. The maximum absolute atomic E-state index is 13.5. The number of rotatable bonds is 11. The van der Waals surface area contributed by atoms with Crippen LogP contribution in [0, 0.1) is 0 Å². The van der Waals surface area contributed by atoms with E-state index in [-0.39, 0.29) is 5.91 Å². The molecule has 0 saturated carbocycles. The van der Waals surface area contributed by atoms with Crippen LogP contribution in [-0.4, -0.2) is 30.6 Å². The molecule has 160 valence electrons. The van der Waals surface area contributed by atoms with Gasteiger partial charge in [0.2, 0.25) is 5.75 Å². The number of carbonyl (C=O) groups is 1. The number of thiophene rings is 1. The highest BCUT2D eigenvalue weighted by Gasteiger charge is 2.23. The van der Waals surface area contributed by atoms with Gasteiger partial charge in [-0.25, -0.2) is 0 Å². The maximum Gasteiger partial charge on any atom is 0.254 e. The normalized spacial score (nSPS) is 10.6. The molecule has 0 N–H and O–H groups in total. The zero-order chi connectivity index (χ0) is 21.3. The minimum absolute atomic E-state index is 0.116. The second-order valence-corrected chi connectivity index (χ2v) is 7.51. The van der Waals surface area contributed by atoms with Crippen molar-refractivity contribution in [3.8, 4) is 17.2 Å². The first-order chi connectivity index (χ1) is 14.7. The summed E-state index contributed by atoms with van der Waals surface area (Å²) in [6.45, 7) is 8.02. The summed E-state index contributed by atoms with van der Waals surface area (Å²) in [5.41, 5.74) is 1.42. The Hall–Kier alpha value is -2.93. The average Bonchev–Trinajstić information content (AvgIpc) is 3.44. The summed E-state index contributed by atoms with van der Waals surface area (Å²) >= 11 is 1.62. The molecule has 2 aromatic heterocycles. The van der Waals surface area contributed by atoms with Crippen molar-refractivity contribution in [3.05, 3.63) is 64.2 Å². The fourth-order valence-corrected chi connectivity index (χ4v) is 3.81. The van der Waals surface area contributed by atoms with Crippen LogP contribution < -0.4 is 14.2 Å². The Balaban J connectivity index is 1.97. The SMILES string of the molecule is CCOc1cc(C(=O)N(Cc2ccoc2)Cc2cccs2)cc(OCC)c1OCC. The zero-order valence-corrected chi connectivity index (χ0v) is 18.4. The number of nitrogens with zero attached hydrogens (tertiary/aromatic N) is 1. The Bertz CT molecular complexity index is 858. The minimum atomic E-state index is -0.116. The van der Waals surface area contributed by atoms with Gasteiger partial charge in [0.15, 0.2) is 11.5 Å². The van der Waals surface area contributed by atoms with Gasteiger partial charge in [-0.05, 0) is 50.4 Å². The van der Waals surface area contributed by atoms with Crippen molar-refractivity contribution in [1.29, 1.82) is 0 Å². The molecule has 0 unspecified atom stereocenters. The third-order valence-corrected chi connectivity index (χ3v) is 5.18. The van der Waals surface area contributed by atoms with Crippen LogP contribution in [0.5, 0.6) is 17.2 Å². The summed E-state index contributed by atoms with van der Waals surface area (Å²) in [6, 6.07) is 9.34. The second-order valence-electron chi connectivity index (χ2n) is 6.47. The molecule has 0 aliphatic rings. The largest absolute Gasteiger partial charge is 0.490 e. The van der Waals surface area contributed by atoms with Gasteiger partial charge in [0.25, 0.3) is 5.91 Å². The average molecular weight is 430 g/mol. The molecule has 0 saturated heterocycles. The van der Waals surface area contributed by atoms with Crippen LogP contribution in [0.25, 0.3) is 0 Å². The van der Waals surface area contributed by atoms with Gasteiger partial charge in [-0.3, -0.25) is 4.79 Å². The van der Waals surface area contributed by atoms with Crippen molar-refractivity contribution >= 4 is 17.2 Å². The summed E-state index contributed by atoms with van der Waals surface area (Å²) in [6.07, 6.45) is 3.27. The zero-order valence-electron chi connectivity index (χ0n) is 17.6. The molecule has 6 nitrogen and oxygen atoms in total. The molecule has 2 heterocycles. The molecule has 3 aromatic rings. The van der Waals surface area contributed by atoms with Crippen molar-refractivity contribution in [3.63, 3.8) is 0 Å². The van der Waals surface area contributed by atoms with E-state index in [0.29, 0.717) is 55.7 Å². The smallest absolute Gasteiger partial charge is 0.254 e. The van der Waals surface area contributed by atoms with E-state index < -0.39 is 0 Å². The Morgan fingerprint density at radius 1 is 1.00 bits per heavy atom. The van der Waals surface area contributed by atoms with Crippen LogP contribution in [0.2, 0.25) is 0 Å². The fourth-order valence-electron chi connectivity index (χ4n) is 3.09. The van der Waals surface area contributed by atoms with E-state index in [1.807, 2.05) is 44.4 Å². The van der Waals surface area contributed by atoms with Crippen molar-refractivity contribution < 1.29 is 23.4 Å². The van der Waals surface area contributed by atoms with Crippen molar-refractivity contribution in [1.82, 2.24) is 4.90 Å². The third-order valence-electron chi connectivity index (χ3n) is 4.32. The van der Waals surface area contributed by atoms with Gasteiger partial charge in [0, 0.05) is 22.5 Å². The fraction of sp³-hybridized carbons (Fsp3) is 0.348. The molecular formula is C23H27NO5S. The standard InChI is InChI=1S/C23H27NO5S/c1-4-27-20-12-18(13-21(28-5-2)22(20)29-6-3)23(25)24(14-17-9-10-26-16-17)15-19-8-7-11-30-19/h7-13,16H,4-6,14-15H2,1-3H3. The highest BCUT2D eigenvalue weighted by atomic mass is 32.1. The maximum atomic E-state index is 13.5. The quantitative estimate of drug-likeness (QED) is 0.410. The molecule has 0 aliphatic carbocycles. The van der Waals surface area contributed by atoms with Gasteiger partial charge in [-0.1, -0.05) is 6.07 Å². The first kappa shape index (κ1) is 21.8. The molecule has 3 rings (SSSR count). The van der Waals surface area contributed by atoms with Crippen LogP contribution >= 0.6 is 11.3 Å². The Labute approximate surface area is 181 Å². The Kier molecular flexibility index (Phi) is 7.79. The predicted molar refractivity (Wildman–Crippen MR) is 117 cm³/mol. The monoisotopic (exact) mass is 429 g/mol. The van der Waals surface area contributed by atoms with E-state index in [1.54, 1.807) is 40.9 Å². The lowest BCUT2D eigenvalue weighted by atomic mass is 10.1. The van der Waals surface area contributed by atoms with Crippen LogP contribution in [0.1, 0.15) is 41.6 Å². The van der Waals surface area contributed by atoms with Crippen molar-refractivity contribution in [2.24, 2.45) is 0 Å². The van der Waals surface area contributed by atoms with E-state index in [1.165, 1.54) is 0 Å². The minimum Gasteiger partial charge on any atom is -0.490 e. The Morgan fingerprint density at radius 2 is 1.70 bits per heavy atom. The third kappa shape index (κ3) is 5.36. The molecule has 1 aromatic carbocycles. The predicted octanol–water partition coefficient (Wildman–Crippen LogP) is 5.38. The molecule has 0 atom stereocenters. The van der Waals surface area contributed by atoms with E-state index >= 15 is 0 Å². The van der Waals surface area contributed by atoms with Gasteiger partial charge in [-0.2, -0.15) is 0 Å².